The first-order valence-corrected chi connectivity index (χ1v) is 12.8. The molecule has 2 aromatic carbocycles. The standard InChI is InChI=1S/C23H26ClN6OP/c1-23(2,31)14-30-13-15-9-10-16(11-19(15)29-30)26-22-25-12-17(24)21(28-22)27-18-7-5-6-8-20(18)32(3)4/h5-13,31H,14H2,1-4H3,(H2,25,26,27,28). The summed E-state index contributed by atoms with van der Waals surface area (Å²) in [7, 11) is -0.283. The lowest BCUT2D eigenvalue weighted by Gasteiger charge is -2.16. The smallest absolute Gasteiger partial charge is 0.229 e. The van der Waals surface area contributed by atoms with E-state index in [2.05, 4.69) is 45.1 Å². The van der Waals surface area contributed by atoms with E-state index in [1.807, 2.05) is 42.6 Å². The molecule has 3 N–H and O–H groups in total. The lowest BCUT2D eigenvalue weighted by Crippen LogP contribution is -2.26. The van der Waals surface area contributed by atoms with Gasteiger partial charge in [-0.25, -0.2) is 4.98 Å². The Kier molecular flexibility index (Phi) is 6.33. The molecule has 9 heteroatoms. The molecule has 4 aromatic rings. The average molecular weight is 469 g/mol. The van der Waals surface area contributed by atoms with E-state index < -0.39 is 5.60 Å². The maximum absolute atomic E-state index is 10.0. The van der Waals surface area contributed by atoms with Gasteiger partial charge in [0.05, 0.1) is 23.9 Å². The molecule has 0 atom stereocenters. The molecule has 32 heavy (non-hydrogen) atoms. The van der Waals surface area contributed by atoms with Crippen molar-refractivity contribution < 1.29 is 5.11 Å². The zero-order chi connectivity index (χ0) is 22.9. The second-order valence-corrected chi connectivity index (χ2v) is 11.1. The molecule has 0 amide bonds. The van der Waals surface area contributed by atoms with Crippen LogP contribution in [0.2, 0.25) is 5.02 Å². The molecule has 0 bridgehead atoms. The number of rotatable bonds is 7. The topological polar surface area (TPSA) is 87.9 Å². The van der Waals surface area contributed by atoms with E-state index in [1.54, 1.807) is 24.7 Å². The number of fused-ring (bicyclic) bond motifs is 1. The van der Waals surface area contributed by atoms with E-state index in [9.17, 15) is 5.11 Å². The lowest BCUT2D eigenvalue weighted by atomic mass is 10.1. The van der Waals surface area contributed by atoms with Crippen LogP contribution < -0.4 is 15.9 Å². The summed E-state index contributed by atoms with van der Waals surface area (Å²) in [6.07, 6.45) is 3.50. The van der Waals surface area contributed by atoms with Gasteiger partial charge in [-0.2, -0.15) is 10.1 Å². The molecule has 0 unspecified atom stereocenters. The Morgan fingerprint density at radius 3 is 2.66 bits per heavy atom. The fraction of sp³-hybridized carbons (Fsp3) is 0.261. The summed E-state index contributed by atoms with van der Waals surface area (Å²) in [5.41, 5.74) is 1.79. The van der Waals surface area contributed by atoms with Crippen molar-refractivity contribution in [2.24, 2.45) is 0 Å². The summed E-state index contributed by atoms with van der Waals surface area (Å²) in [4.78, 5) is 8.90. The van der Waals surface area contributed by atoms with Gasteiger partial charge in [-0.1, -0.05) is 37.7 Å². The number of aliphatic hydroxyl groups is 1. The summed E-state index contributed by atoms with van der Waals surface area (Å²) >= 11 is 6.37. The molecule has 0 aliphatic rings. The minimum absolute atomic E-state index is 0.283. The van der Waals surface area contributed by atoms with Crippen LogP contribution >= 0.6 is 19.5 Å². The Balaban J connectivity index is 1.57. The maximum Gasteiger partial charge on any atom is 0.229 e. The number of para-hydroxylation sites is 1. The van der Waals surface area contributed by atoms with Crippen LogP contribution in [-0.4, -0.2) is 43.8 Å². The highest BCUT2D eigenvalue weighted by Gasteiger charge is 2.15. The SMILES string of the molecule is CP(C)c1ccccc1Nc1nc(Nc2ccc3cn(CC(C)(C)O)nc3c2)ncc1Cl. The van der Waals surface area contributed by atoms with Crippen LogP contribution in [0.5, 0.6) is 0 Å². The molecular weight excluding hydrogens is 443 g/mol. The molecule has 0 fully saturated rings. The van der Waals surface area contributed by atoms with Crippen molar-refractivity contribution in [3.63, 3.8) is 0 Å². The number of benzene rings is 2. The van der Waals surface area contributed by atoms with E-state index in [0.717, 1.165) is 22.3 Å². The number of anilines is 4. The van der Waals surface area contributed by atoms with Gasteiger partial charge in [-0.05, 0) is 56.7 Å². The van der Waals surface area contributed by atoms with Crippen molar-refractivity contribution in [3.8, 4) is 0 Å². The molecule has 0 saturated heterocycles. The normalized spacial score (nSPS) is 11.8. The highest BCUT2D eigenvalue weighted by atomic mass is 35.5. The summed E-state index contributed by atoms with van der Waals surface area (Å²) in [6.45, 7) is 8.36. The molecule has 0 aliphatic heterocycles. The van der Waals surface area contributed by atoms with Crippen LogP contribution in [0, 0.1) is 0 Å². The Morgan fingerprint density at radius 2 is 1.91 bits per heavy atom. The van der Waals surface area contributed by atoms with Crippen LogP contribution in [-0.2, 0) is 6.54 Å². The second-order valence-electron chi connectivity index (χ2n) is 8.46. The predicted molar refractivity (Wildman–Crippen MR) is 134 cm³/mol. The van der Waals surface area contributed by atoms with E-state index in [-0.39, 0.29) is 7.92 Å². The predicted octanol–water partition coefficient (Wildman–Crippen LogP) is 5.10. The van der Waals surface area contributed by atoms with Crippen molar-refractivity contribution in [3.05, 3.63) is 59.9 Å². The Labute approximate surface area is 193 Å². The van der Waals surface area contributed by atoms with Crippen molar-refractivity contribution in [2.45, 2.75) is 26.0 Å². The van der Waals surface area contributed by atoms with Gasteiger partial charge < -0.3 is 15.7 Å². The minimum Gasteiger partial charge on any atom is -0.389 e. The fourth-order valence-corrected chi connectivity index (χ4v) is 4.50. The molecule has 2 heterocycles. The summed E-state index contributed by atoms with van der Waals surface area (Å²) in [5, 5.41) is 23.9. The molecule has 166 valence electrons. The number of aromatic nitrogens is 4. The molecule has 7 nitrogen and oxygen atoms in total. The third kappa shape index (κ3) is 5.36. The zero-order valence-corrected chi connectivity index (χ0v) is 20.1. The quantitative estimate of drug-likeness (QED) is 0.327. The zero-order valence-electron chi connectivity index (χ0n) is 18.5. The van der Waals surface area contributed by atoms with E-state index in [4.69, 9.17) is 11.6 Å². The molecular formula is C23H26ClN6OP. The Hall–Kier alpha value is -2.73. The number of nitrogens with one attached hydrogen (secondary N) is 2. The van der Waals surface area contributed by atoms with Crippen molar-refractivity contribution in [2.75, 3.05) is 24.0 Å². The molecule has 0 spiro atoms. The summed E-state index contributed by atoms with van der Waals surface area (Å²) < 4.78 is 1.75. The monoisotopic (exact) mass is 468 g/mol. The number of hydrogen-bond acceptors (Lipinski definition) is 6. The van der Waals surface area contributed by atoms with Crippen molar-refractivity contribution >= 4 is 58.9 Å². The largest absolute Gasteiger partial charge is 0.389 e. The molecule has 0 radical (unpaired) electrons. The van der Waals surface area contributed by atoms with Crippen LogP contribution in [0.3, 0.4) is 0 Å². The van der Waals surface area contributed by atoms with E-state index in [0.29, 0.717) is 23.3 Å². The molecule has 2 aromatic heterocycles. The molecule has 0 aliphatic carbocycles. The van der Waals surface area contributed by atoms with Crippen LogP contribution in [0.1, 0.15) is 13.8 Å². The molecule has 4 rings (SSSR count). The Bertz CT molecular complexity index is 1250. The minimum atomic E-state index is -0.834. The highest BCUT2D eigenvalue weighted by molar-refractivity contribution is 7.64. The first-order chi connectivity index (χ1) is 15.2. The van der Waals surface area contributed by atoms with Gasteiger partial charge in [0.25, 0.3) is 0 Å². The van der Waals surface area contributed by atoms with Gasteiger partial charge in [-0.3, -0.25) is 4.68 Å². The number of halogens is 1. The van der Waals surface area contributed by atoms with Crippen LogP contribution in [0.25, 0.3) is 10.9 Å². The maximum atomic E-state index is 10.0. The molecule has 0 saturated carbocycles. The lowest BCUT2D eigenvalue weighted by molar-refractivity contribution is 0.0580. The average Bonchev–Trinajstić information content (AvgIpc) is 3.10. The van der Waals surface area contributed by atoms with Gasteiger partial charge in [0.2, 0.25) is 5.95 Å². The fourth-order valence-electron chi connectivity index (χ4n) is 3.36. The number of nitrogens with zero attached hydrogens (tertiary/aromatic N) is 4. The summed E-state index contributed by atoms with van der Waals surface area (Å²) in [6, 6.07) is 14.0. The Morgan fingerprint density at radius 1 is 1.12 bits per heavy atom. The van der Waals surface area contributed by atoms with Gasteiger partial charge >= 0.3 is 0 Å². The highest BCUT2D eigenvalue weighted by Crippen LogP contribution is 2.31. The van der Waals surface area contributed by atoms with Crippen molar-refractivity contribution in [1.29, 1.82) is 0 Å². The van der Waals surface area contributed by atoms with Gasteiger partial charge in [-0.15, -0.1) is 0 Å². The van der Waals surface area contributed by atoms with E-state index in [1.165, 1.54) is 5.30 Å². The van der Waals surface area contributed by atoms with Gasteiger partial charge in [0.1, 0.15) is 5.02 Å². The third-order valence-corrected chi connectivity index (χ3v) is 6.37. The second kappa shape index (κ2) is 9.02. The first kappa shape index (κ1) is 22.5. The van der Waals surface area contributed by atoms with Crippen molar-refractivity contribution in [1.82, 2.24) is 19.7 Å². The van der Waals surface area contributed by atoms with E-state index >= 15 is 0 Å². The van der Waals surface area contributed by atoms with Crippen LogP contribution in [0.15, 0.2) is 54.9 Å². The van der Waals surface area contributed by atoms with Gasteiger partial charge in [0, 0.05) is 23.0 Å². The number of hydrogen-bond donors (Lipinski definition) is 3. The van der Waals surface area contributed by atoms with Crippen LogP contribution in [0.4, 0.5) is 23.1 Å². The first-order valence-electron chi connectivity index (χ1n) is 10.2. The third-order valence-electron chi connectivity index (χ3n) is 4.74. The van der Waals surface area contributed by atoms with Gasteiger partial charge in [0.15, 0.2) is 5.82 Å². The summed E-state index contributed by atoms with van der Waals surface area (Å²) in [5.74, 6) is 0.976.